The van der Waals surface area contributed by atoms with Gasteiger partial charge in [0.2, 0.25) is 6.79 Å². The van der Waals surface area contributed by atoms with E-state index in [1.165, 1.54) is 30.3 Å². The van der Waals surface area contributed by atoms with E-state index < -0.39 is 40.0 Å². The first-order valence-corrected chi connectivity index (χ1v) is 12.7. The molecule has 0 aromatic heterocycles. The molecule has 0 amide bonds. The van der Waals surface area contributed by atoms with Crippen molar-refractivity contribution in [3.63, 3.8) is 0 Å². The summed E-state index contributed by atoms with van der Waals surface area (Å²) in [7, 11) is -4.53. The van der Waals surface area contributed by atoms with Crippen LogP contribution in [0.1, 0.15) is 34.7 Å². The number of carbonyl (C=O) groups is 1. The molecule has 7 nitrogen and oxygen atoms in total. The van der Waals surface area contributed by atoms with E-state index in [-0.39, 0.29) is 28.4 Å². The van der Waals surface area contributed by atoms with Gasteiger partial charge in [0.25, 0.3) is 10.0 Å². The van der Waals surface area contributed by atoms with Crippen molar-refractivity contribution in [2.75, 3.05) is 6.79 Å². The monoisotopic (exact) mass is 531 g/mol. The molecule has 0 bridgehead atoms. The van der Waals surface area contributed by atoms with Crippen molar-refractivity contribution in [3.8, 4) is 11.5 Å². The number of hydrogen-bond acceptors (Lipinski definition) is 5. The van der Waals surface area contributed by atoms with Gasteiger partial charge in [-0.3, -0.25) is 4.31 Å². The third-order valence-electron chi connectivity index (χ3n) is 6.27. The van der Waals surface area contributed by atoms with Crippen molar-refractivity contribution in [3.05, 3.63) is 94.2 Å². The lowest BCUT2D eigenvalue weighted by atomic mass is 9.92. The van der Waals surface area contributed by atoms with Gasteiger partial charge in [0.15, 0.2) is 11.5 Å². The summed E-state index contributed by atoms with van der Waals surface area (Å²) in [6.45, 7) is 1.01. The number of sulfonamides is 1. The molecular formula is C26H20F3NO6S. The van der Waals surface area contributed by atoms with Crippen LogP contribution in [0.3, 0.4) is 0 Å². The zero-order valence-corrected chi connectivity index (χ0v) is 20.2. The highest BCUT2D eigenvalue weighted by Crippen LogP contribution is 2.46. The van der Waals surface area contributed by atoms with Crippen LogP contribution >= 0.6 is 0 Å². The van der Waals surface area contributed by atoms with Crippen LogP contribution in [0.15, 0.2) is 71.3 Å². The molecule has 0 spiro atoms. The summed E-state index contributed by atoms with van der Waals surface area (Å²) in [6.07, 6.45) is -4.25. The molecule has 2 heterocycles. The van der Waals surface area contributed by atoms with Crippen LogP contribution in [0.5, 0.6) is 11.5 Å². The second kappa shape index (κ2) is 8.84. The van der Waals surface area contributed by atoms with Crippen molar-refractivity contribution in [1.82, 2.24) is 4.31 Å². The van der Waals surface area contributed by atoms with E-state index in [1.54, 1.807) is 18.2 Å². The van der Waals surface area contributed by atoms with Crippen LogP contribution in [0.25, 0.3) is 5.57 Å². The van der Waals surface area contributed by atoms with E-state index in [1.807, 2.05) is 6.92 Å². The minimum absolute atomic E-state index is 0.0259. The summed E-state index contributed by atoms with van der Waals surface area (Å²) < 4.78 is 80.1. The van der Waals surface area contributed by atoms with E-state index in [9.17, 15) is 31.5 Å². The van der Waals surface area contributed by atoms with Crippen molar-refractivity contribution >= 4 is 21.6 Å². The molecule has 2 aliphatic heterocycles. The Morgan fingerprint density at radius 3 is 2.43 bits per heavy atom. The molecule has 1 N–H and O–H groups in total. The zero-order valence-electron chi connectivity index (χ0n) is 19.4. The average molecular weight is 532 g/mol. The number of halogens is 3. The summed E-state index contributed by atoms with van der Waals surface area (Å²) in [5, 5.41) is 10.3. The van der Waals surface area contributed by atoms with Crippen LogP contribution in [0.2, 0.25) is 0 Å². The maximum atomic E-state index is 13.7. The second-order valence-corrected chi connectivity index (χ2v) is 10.2. The molecule has 2 aliphatic rings. The Kier molecular flexibility index (Phi) is 5.90. The third kappa shape index (κ3) is 4.08. The molecule has 0 radical (unpaired) electrons. The summed E-state index contributed by atoms with van der Waals surface area (Å²) in [5.74, 6) is -0.726. The number of nitrogens with zero attached hydrogens (tertiary/aromatic N) is 1. The van der Waals surface area contributed by atoms with Gasteiger partial charge in [0.05, 0.1) is 17.0 Å². The highest BCUT2D eigenvalue weighted by molar-refractivity contribution is 7.89. The lowest BCUT2D eigenvalue weighted by Crippen LogP contribution is -2.38. The van der Waals surface area contributed by atoms with Gasteiger partial charge in [-0.05, 0) is 47.4 Å². The molecule has 37 heavy (non-hydrogen) atoms. The van der Waals surface area contributed by atoms with Crippen molar-refractivity contribution in [2.45, 2.75) is 31.0 Å². The first kappa shape index (κ1) is 24.7. The normalized spacial score (nSPS) is 16.1. The van der Waals surface area contributed by atoms with E-state index in [4.69, 9.17) is 9.47 Å². The Morgan fingerprint density at radius 2 is 1.73 bits per heavy atom. The molecule has 0 fully saturated rings. The molecule has 0 atom stereocenters. The molecule has 11 heteroatoms. The Morgan fingerprint density at radius 1 is 1.03 bits per heavy atom. The molecular weight excluding hydrogens is 511 g/mol. The minimum Gasteiger partial charge on any atom is -0.477 e. The fourth-order valence-corrected chi connectivity index (χ4v) is 6.29. The van der Waals surface area contributed by atoms with Gasteiger partial charge < -0.3 is 14.6 Å². The summed E-state index contributed by atoms with van der Waals surface area (Å²) >= 11 is 0. The highest BCUT2D eigenvalue weighted by atomic mass is 32.2. The molecule has 5 rings (SSSR count). The number of carboxylic acid groups (broad SMARTS) is 1. The van der Waals surface area contributed by atoms with E-state index >= 15 is 0 Å². The maximum Gasteiger partial charge on any atom is 0.416 e. The molecule has 0 aliphatic carbocycles. The number of rotatable bonds is 5. The van der Waals surface area contributed by atoms with E-state index in [2.05, 4.69) is 0 Å². The predicted octanol–water partition coefficient (Wildman–Crippen LogP) is 5.05. The number of benzene rings is 3. The number of hydrogen-bond donors (Lipinski definition) is 1. The average Bonchev–Trinajstić information content (AvgIpc) is 3.33. The maximum absolute atomic E-state index is 13.7. The molecule has 0 unspecified atom stereocenters. The van der Waals surface area contributed by atoms with E-state index in [0.717, 1.165) is 12.1 Å². The summed E-state index contributed by atoms with van der Waals surface area (Å²) in [6, 6.07) is 13.5. The fraction of sp³-hybridized carbons (Fsp3) is 0.192. The lowest BCUT2D eigenvalue weighted by molar-refractivity contribution is -0.138. The van der Waals surface area contributed by atoms with Gasteiger partial charge in [-0.1, -0.05) is 43.3 Å². The number of fused-ring (bicyclic) bond motifs is 2. The number of aryl methyl sites for hydroxylation is 1. The van der Waals surface area contributed by atoms with E-state index in [0.29, 0.717) is 33.4 Å². The SMILES string of the molecule is CCc1cc(C2=C(C(=O)O)N(Cc3ccccc3C(F)(F)F)S(=O)(=O)c3ccccc32)cc2c1OCO2. The molecule has 3 aromatic carbocycles. The summed E-state index contributed by atoms with van der Waals surface area (Å²) in [5.41, 5.74) is -0.854. The number of aliphatic carboxylic acids is 1. The zero-order chi connectivity index (χ0) is 26.5. The van der Waals surface area contributed by atoms with Gasteiger partial charge >= 0.3 is 12.1 Å². The van der Waals surface area contributed by atoms with Gasteiger partial charge in [-0.25, -0.2) is 13.2 Å². The Balaban J connectivity index is 1.80. The van der Waals surface area contributed by atoms with Crippen LogP contribution in [-0.2, 0) is 34.0 Å². The minimum atomic E-state index is -4.77. The standard InChI is InChI=1S/C26H20F3NO6S/c1-2-15-11-17(12-20-24(15)36-14-35-20)22-18-8-4-6-10-21(18)37(33,34)30(23(22)25(31)32)13-16-7-3-5-9-19(16)26(27,28)29/h3-12H,2,13-14H2,1H3,(H,31,32). The predicted molar refractivity (Wildman–Crippen MR) is 126 cm³/mol. The number of ether oxygens (including phenoxy) is 2. The first-order chi connectivity index (χ1) is 17.5. The Bertz CT molecular complexity index is 1560. The lowest BCUT2D eigenvalue weighted by Gasteiger charge is -2.33. The summed E-state index contributed by atoms with van der Waals surface area (Å²) in [4.78, 5) is 12.5. The quantitative estimate of drug-likeness (QED) is 0.496. The molecule has 0 saturated heterocycles. The first-order valence-electron chi connectivity index (χ1n) is 11.2. The smallest absolute Gasteiger partial charge is 0.416 e. The molecule has 192 valence electrons. The van der Waals surface area contributed by atoms with Crippen LogP contribution in [-0.4, -0.2) is 30.6 Å². The van der Waals surface area contributed by atoms with Crippen molar-refractivity contribution in [2.24, 2.45) is 0 Å². The topological polar surface area (TPSA) is 93.1 Å². The fourth-order valence-electron chi connectivity index (χ4n) is 4.64. The van der Waals surface area contributed by atoms with Crippen LogP contribution < -0.4 is 9.47 Å². The van der Waals surface area contributed by atoms with Gasteiger partial charge in [-0.15, -0.1) is 0 Å². The van der Waals surface area contributed by atoms with Gasteiger partial charge in [0, 0.05) is 11.1 Å². The van der Waals surface area contributed by atoms with Gasteiger partial charge in [-0.2, -0.15) is 13.2 Å². The van der Waals surface area contributed by atoms with Crippen molar-refractivity contribution < 1.29 is 41.0 Å². The van der Waals surface area contributed by atoms with Crippen molar-refractivity contribution in [1.29, 1.82) is 0 Å². The molecule has 3 aromatic rings. The largest absolute Gasteiger partial charge is 0.477 e. The van der Waals surface area contributed by atoms with Crippen LogP contribution in [0, 0.1) is 0 Å². The Labute approximate surface area is 210 Å². The Hall–Kier alpha value is -3.99. The number of carboxylic acids is 1. The highest BCUT2D eigenvalue weighted by Gasteiger charge is 2.42. The molecule has 0 saturated carbocycles. The third-order valence-corrected chi connectivity index (χ3v) is 8.07. The second-order valence-electron chi connectivity index (χ2n) is 8.41. The number of alkyl halides is 3. The van der Waals surface area contributed by atoms with Crippen LogP contribution in [0.4, 0.5) is 13.2 Å². The van der Waals surface area contributed by atoms with Gasteiger partial charge in [0.1, 0.15) is 5.70 Å².